The molecule has 0 aliphatic carbocycles. The van der Waals surface area contributed by atoms with Gasteiger partial charge in [0.1, 0.15) is 25.4 Å². The van der Waals surface area contributed by atoms with Crippen LogP contribution in [0.2, 0.25) is 0 Å². The van der Waals surface area contributed by atoms with Crippen molar-refractivity contribution in [3.05, 3.63) is 0 Å². The molecule has 0 aliphatic heterocycles. The Kier molecular flexibility index (Phi) is 12.0. The van der Waals surface area contributed by atoms with E-state index in [4.69, 9.17) is 24.8 Å². The number of ether oxygens (including phenoxy) is 2. The molecule has 152 valence electrons. The first-order valence-electron chi connectivity index (χ1n) is 8.06. The van der Waals surface area contributed by atoms with Crippen LogP contribution in [0.1, 0.15) is 39.5 Å². The second-order valence-corrected chi connectivity index (χ2v) is 6.71. The predicted molar refractivity (Wildman–Crippen MR) is 88.0 cm³/mol. The van der Waals surface area contributed by atoms with Gasteiger partial charge in [-0.3, -0.25) is 23.4 Å². The number of esters is 2. The summed E-state index contributed by atoms with van der Waals surface area (Å²) in [5, 5.41) is 8.62. The summed E-state index contributed by atoms with van der Waals surface area (Å²) in [7, 11) is -4.72. The topological polar surface area (TPSA) is 172 Å². The Hall–Kier alpha value is -1.52. The highest BCUT2D eigenvalue weighted by atomic mass is 31.2. The van der Waals surface area contributed by atoms with Gasteiger partial charge in [-0.15, -0.1) is 0 Å². The van der Waals surface area contributed by atoms with Gasteiger partial charge in [-0.1, -0.05) is 13.8 Å². The monoisotopic (exact) mass is 399 g/mol. The van der Waals surface area contributed by atoms with Crippen molar-refractivity contribution >= 4 is 25.7 Å². The van der Waals surface area contributed by atoms with Gasteiger partial charge < -0.3 is 25.2 Å². The third kappa shape index (κ3) is 11.9. The highest BCUT2D eigenvalue weighted by Gasteiger charge is 2.30. The van der Waals surface area contributed by atoms with Crippen molar-refractivity contribution in [3.8, 4) is 0 Å². The summed E-state index contributed by atoms with van der Waals surface area (Å²) in [5.74, 6) is -2.53. The van der Waals surface area contributed by atoms with Gasteiger partial charge in [-0.05, 0) is 12.8 Å². The van der Waals surface area contributed by atoms with Crippen LogP contribution in [-0.2, 0) is 37.5 Å². The van der Waals surface area contributed by atoms with E-state index in [0.29, 0.717) is 12.8 Å². The molecule has 4 N–H and O–H groups in total. The number of hydrogen-bond acceptors (Lipinski definition) is 9. The molecule has 26 heavy (non-hydrogen) atoms. The fourth-order valence-corrected chi connectivity index (χ4v) is 2.41. The SMILES string of the molecule is CCCC(=O)OCC(COC(=O)CCC)OP(=O)(O)OCC(N)C(=O)O. The number of carboxylic acids is 1. The minimum Gasteiger partial charge on any atom is -0.480 e. The Morgan fingerprint density at radius 1 is 1.00 bits per heavy atom. The van der Waals surface area contributed by atoms with Gasteiger partial charge in [0.25, 0.3) is 0 Å². The normalized spacial score (nSPS) is 14.5. The predicted octanol–water partition coefficient (Wildman–Crippen LogP) is 0.587. The molecule has 0 bridgehead atoms. The van der Waals surface area contributed by atoms with Crippen LogP contribution in [0.15, 0.2) is 0 Å². The molecule has 0 spiro atoms. The fraction of sp³-hybridized carbons (Fsp3) is 0.786. The quantitative estimate of drug-likeness (QED) is 0.276. The van der Waals surface area contributed by atoms with E-state index >= 15 is 0 Å². The van der Waals surface area contributed by atoms with Gasteiger partial charge in [0.2, 0.25) is 0 Å². The maximum atomic E-state index is 11.9. The highest BCUT2D eigenvalue weighted by Crippen LogP contribution is 2.44. The average Bonchev–Trinajstić information content (AvgIpc) is 2.55. The summed E-state index contributed by atoms with van der Waals surface area (Å²) in [6, 6.07) is -1.53. The van der Waals surface area contributed by atoms with Gasteiger partial charge in [-0.25, -0.2) is 4.57 Å². The van der Waals surface area contributed by atoms with Crippen LogP contribution in [0.4, 0.5) is 0 Å². The lowest BCUT2D eigenvalue weighted by Gasteiger charge is -2.21. The summed E-state index contributed by atoms with van der Waals surface area (Å²) >= 11 is 0. The zero-order valence-electron chi connectivity index (χ0n) is 14.8. The molecule has 0 saturated carbocycles. The summed E-state index contributed by atoms with van der Waals surface area (Å²) in [4.78, 5) is 43.0. The number of nitrogens with two attached hydrogens (primary N) is 1. The number of phosphoric acid groups is 1. The van der Waals surface area contributed by atoms with E-state index in [1.54, 1.807) is 13.8 Å². The average molecular weight is 399 g/mol. The molecular formula is C14H26NO10P. The Balaban J connectivity index is 4.73. The third-order valence-corrected chi connectivity index (χ3v) is 3.83. The van der Waals surface area contributed by atoms with Gasteiger partial charge >= 0.3 is 25.7 Å². The largest absolute Gasteiger partial charge is 0.480 e. The van der Waals surface area contributed by atoms with Crippen molar-refractivity contribution < 1.29 is 47.5 Å². The van der Waals surface area contributed by atoms with Crippen molar-refractivity contribution in [1.29, 1.82) is 0 Å². The number of aliphatic carboxylic acids is 1. The van der Waals surface area contributed by atoms with Crippen molar-refractivity contribution in [2.45, 2.75) is 51.7 Å². The van der Waals surface area contributed by atoms with E-state index in [1.165, 1.54) is 0 Å². The van der Waals surface area contributed by atoms with Gasteiger partial charge in [-0.2, -0.15) is 0 Å². The van der Waals surface area contributed by atoms with Crippen molar-refractivity contribution in [2.75, 3.05) is 19.8 Å². The van der Waals surface area contributed by atoms with Crippen LogP contribution in [0.5, 0.6) is 0 Å². The van der Waals surface area contributed by atoms with Gasteiger partial charge in [0.05, 0.1) is 6.61 Å². The molecule has 0 amide bonds. The molecule has 0 aromatic heterocycles. The maximum Gasteiger partial charge on any atom is 0.472 e. The molecule has 0 rings (SSSR count). The standard InChI is InChI=1S/C14H26NO10P/c1-3-5-12(16)22-7-10(8-23-13(17)6-4-2)25-26(20,21)24-9-11(15)14(18)19/h10-11H,3-9,15H2,1-2H3,(H,18,19)(H,20,21). The lowest BCUT2D eigenvalue weighted by Crippen LogP contribution is -2.35. The zero-order valence-corrected chi connectivity index (χ0v) is 15.7. The molecule has 0 saturated heterocycles. The Labute approximate surface area is 151 Å². The molecule has 0 heterocycles. The summed E-state index contributed by atoms with van der Waals surface area (Å²) < 4.78 is 30.9. The fourth-order valence-electron chi connectivity index (χ4n) is 1.50. The first-order chi connectivity index (χ1) is 12.1. The number of carbonyl (C=O) groups is 3. The number of rotatable bonds is 14. The minimum absolute atomic E-state index is 0.142. The Bertz CT molecular complexity index is 490. The number of carboxylic acid groups (broad SMARTS) is 1. The van der Waals surface area contributed by atoms with Gasteiger partial charge in [0.15, 0.2) is 0 Å². The number of hydrogen-bond donors (Lipinski definition) is 3. The van der Waals surface area contributed by atoms with Crippen LogP contribution in [0, 0.1) is 0 Å². The van der Waals surface area contributed by atoms with E-state index in [0.717, 1.165) is 0 Å². The van der Waals surface area contributed by atoms with Gasteiger partial charge in [0, 0.05) is 12.8 Å². The van der Waals surface area contributed by atoms with Crippen LogP contribution >= 0.6 is 7.82 Å². The Morgan fingerprint density at radius 2 is 1.46 bits per heavy atom. The van der Waals surface area contributed by atoms with E-state index in [2.05, 4.69) is 4.52 Å². The zero-order chi connectivity index (χ0) is 20.2. The number of carbonyl (C=O) groups excluding carboxylic acids is 2. The van der Waals surface area contributed by atoms with E-state index in [-0.39, 0.29) is 12.8 Å². The van der Waals surface area contributed by atoms with Crippen molar-refractivity contribution in [2.24, 2.45) is 5.73 Å². The van der Waals surface area contributed by atoms with Crippen LogP contribution in [0.3, 0.4) is 0 Å². The molecule has 11 nitrogen and oxygen atoms in total. The minimum atomic E-state index is -4.72. The van der Waals surface area contributed by atoms with E-state index in [1.807, 2.05) is 0 Å². The summed E-state index contributed by atoms with van der Waals surface area (Å²) in [6.45, 7) is 1.86. The lowest BCUT2D eigenvalue weighted by atomic mass is 10.3. The second kappa shape index (κ2) is 12.8. The lowest BCUT2D eigenvalue weighted by molar-refractivity contribution is -0.152. The first-order valence-corrected chi connectivity index (χ1v) is 9.56. The first kappa shape index (κ1) is 24.5. The van der Waals surface area contributed by atoms with Crippen LogP contribution < -0.4 is 5.73 Å². The molecule has 12 heteroatoms. The van der Waals surface area contributed by atoms with E-state index < -0.39 is 57.7 Å². The van der Waals surface area contributed by atoms with Crippen LogP contribution in [0.25, 0.3) is 0 Å². The molecule has 0 aromatic carbocycles. The molecule has 2 unspecified atom stereocenters. The van der Waals surface area contributed by atoms with E-state index in [9.17, 15) is 23.8 Å². The third-order valence-electron chi connectivity index (χ3n) is 2.79. The molecule has 2 atom stereocenters. The van der Waals surface area contributed by atoms with Crippen LogP contribution in [-0.4, -0.2) is 59.9 Å². The highest BCUT2D eigenvalue weighted by molar-refractivity contribution is 7.47. The molecule has 0 fully saturated rings. The Morgan fingerprint density at radius 3 is 1.85 bits per heavy atom. The molecule has 0 aliphatic rings. The summed E-state index contributed by atoms with van der Waals surface area (Å²) in [5.41, 5.74) is 5.17. The summed E-state index contributed by atoms with van der Waals surface area (Å²) in [6.07, 6.45) is 0.106. The maximum absolute atomic E-state index is 11.9. The number of phosphoric ester groups is 1. The van der Waals surface area contributed by atoms with Crippen molar-refractivity contribution in [3.63, 3.8) is 0 Å². The smallest absolute Gasteiger partial charge is 0.472 e. The molecule has 0 aromatic rings. The molecule has 0 radical (unpaired) electrons. The second-order valence-electron chi connectivity index (χ2n) is 5.30. The van der Waals surface area contributed by atoms with Crippen molar-refractivity contribution in [1.82, 2.24) is 0 Å². The molecular weight excluding hydrogens is 373 g/mol.